The van der Waals surface area contributed by atoms with Gasteiger partial charge in [0.1, 0.15) is 18.0 Å². The maximum atomic E-state index is 6.03. The van der Waals surface area contributed by atoms with Gasteiger partial charge in [0.15, 0.2) is 0 Å². The van der Waals surface area contributed by atoms with Crippen molar-refractivity contribution in [1.29, 1.82) is 0 Å². The number of nitrogen functional groups attached to an aromatic ring is 1. The molecule has 1 aliphatic heterocycles. The SMILES string of the molecule is CN(C)CCCN1CCOc2cccc(N)c21. The Hall–Kier alpha value is -1.42. The molecule has 0 spiro atoms. The Morgan fingerprint density at radius 1 is 1.41 bits per heavy atom. The van der Waals surface area contributed by atoms with Crippen LogP contribution < -0.4 is 15.4 Å². The summed E-state index contributed by atoms with van der Waals surface area (Å²) in [6.45, 7) is 3.80. The Kier molecular flexibility index (Phi) is 3.74. The monoisotopic (exact) mass is 235 g/mol. The molecule has 0 atom stereocenters. The Morgan fingerprint density at radius 3 is 3.00 bits per heavy atom. The van der Waals surface area contributed by atoms with Crippen LogP contribution in [-0.2, 0) is 0 Å². The van der Waals surface area contributed by atoms with E-state index in [1.807, 2.05) is 18.2 Å². The first kappa shape index (κ1) is 12.0. The maximum absolute atomic E-state index is 6.03. The van der Waals surface area contributed by atoms with Crippen molar-refractivity contribution in [3.63, 3.8) is 0 Å². The summed E-state index contributed by atoms with van der Waals surface area (Å²) in [5, 5.41) is 0. The van der Waals surface area contributed by atoms with Gasteiger partial charge in [-0.05, 0) is 39.2 Å². The lowest BCUT2D eigenvalue weighted by Crippen LogP contribution is -2.35. The third-order valence-electron chi connectivity index (χ3n) is 3.00. The summed E-state index contributed by atoms with van der Waals surface area (Å²) in [5.74, 6) is 0.918. The van der Waals surface area contributed by atoms with E-state index in [-0.39, 0.29) is 0 Å². The molecule has 0 radical (unpaired) electrons. The van der Waals surface area contributed by atoms with Crippen LogP contribution >= 0.6 is 0 Å². The molecule has 94 valence electrons. The van der Waals surface area contributed by atoms with Crippen molar-refractivity contribution in [2.24, 2.45) is 0 Å². The normalized spacial score (nSPS) is 14.6. The molecular weight excluding hydrogens is 214 g/mol. The van der Waals surface area contributed by atoms with Gasteiger partial charge >= 0.3 is 0 Å². The zero-order chi connectivity index (χ0) is 12.3. The van der Waals surface area contributed by atoms with Crippen LogP contribution in [0.2, 0.25) is 0 Å². The Morgan fingerprint density at radius 2 is 2.24 bits per heavy atom. The van der Waals surface area contributed by atoms with E-state index in [4.69, 9.17) is 10.5 Å². The van der Waals surface area contributed by atoms with Crippen LogP contribution in [0, 0.1) is 0 Å². The van der Waals surface area contributed by atoms with E-state index in [9.17, 15) is 0 Å². The second-order valence-corrected chi connectivity index (χ2v) is 4.69. The smallest absolute Gasteiger partial charge is 0.144 e. The van der Waals surface area contributed by atoms with Crippen LogP contribution in [0.15, 0.2) is 18.2 Å². The van der Waals surface area contributed by atoms with Crippen LogP contribution in [0.1, 0.15) is 6.42 Å². The minimum absolute atomic E-state index is 0.748. The predicted molar refractivity (Wildman–Crippen MR) is 71.7 cm³/mol. The topological polar surface area (TPSA) is 41.7 Å². The molecule has 4 heteroatoms. The quantitative estimate of drug-likeness (QED) is 0.801. The van der Waals surface area contributed by atoms with Gasteiger partial charge in [0, 0.05) is 6.54 Å². The van der Waals surface area contributed by atoms with Gasteiger partial charge < -0.3 is 20.3 Å². The first-order valence-corrected chi connectivity index (χ1v) is 6.09. The van der Waals surface area contributed by atoms with Gasteiger partial charge in [-0.25, -0.2) is 0 Å². The minimum atomic E-state index is 0.748. The lowest BCUT2D eigenvalue weighted by Gasteiger charge is -2.32. The van der Waals surface area contributed by atoms with Crippen LogP contribution in [0.3, 0.4) is 0 Å². The first-order valence-electron chi connectivity index (χ1n) is 6.09. The van der Waals surface area contributed by atoms with E-state index in [1.165, 1.54) is 0 Å². The fourth-order valence-electron chi connectivity index (χ4n) is 2.17. The van der Waals surface area contributed by atoms with E-state index < -0.39 is 0 Å². The van der Waals surface area contributed by atoms with Gasteiger partial charge in [0.05, 0.1) is 12.2 Å². The lowest BCUT2D eigenvalue weighted by atomic mass is 10.2. The molecule has 0 saturated heterocycles. The fraction of sp³-hybridized carbons (Fsp3) is 0.538. The van der Waals surface area contributed by atoms with E-state index in [1.54, 1.807) is 0 Å². The number of hydrogen-bond acceptors (Lipinski definition) is 4. The summed E-state index contributed by atoms with van der Waals surface area (Å²) in [5.41, 5.74) is 7.91. The number of rotatable bonds is 4. The van der Waals surface area contributed by atoms with Gasteiger partial charge in [0.2, 0.25) is 0 Å². The molecule has 0 unspecified atom stereocenters. The molecule has 0 aliphatic carbocycles. The largest absolute Gasteiger partial charge is 0.489 e. The number of ether oxygens (including phenoxy) is 1. The molecule has 0 saturated carbocycles. The van der Waals surface area contributed by atoms with Crippen LogP contribution in [-0.4, -0.2) is 45.2 Å². The Bertz CT molecular complexity index is 379. The molecular formula is C13H21N3O. The second kappa shape index (κ2) is 5.27. The van der Waals surface area contributed by atoms with Crippen molar-refractivity contribution >= 4 is 11.4 Å². The summed E-state index contributed by atoms with van der Waals surface area (Å²) < 4.78 is 5.63. The van der Waals surface area contributed by atoms with Gasteiger partial charge in [0.25, 0.3) is 0 Å². The van der Waals surface area contributed by atoms with Crippen LogP contribution in [0.5, 0.6) is 5.75 Å². The molecule has 1 aliphatic rings. The predicted octanol–water partition coefficient (Wildman–Crippen LogP) is 1.42. The van der Waals surface area contributed by atoms with Crippen LogP contribution in [0.25, 0.3) is 0 Å². The number of fused-ring (bicyclic) bond motifs is 1. The standard InChI is InChI=1S/C13H21N3O/c1-15(2)7-4-8-16-9-10-17-12-6-3-5-11(14)13(12)16/h3,5-6H,4,7-10,14H2,1-2H3. The third-order valence-corrected chi connectivity index (χ3v) is 3.00. The molecule has 0 amide bonds. The van der Waals surface area contributed by atoms with Crippen molar-refractivity contribution < 1.29 is 4.74 Å². The average Bonchev–Trinajstić information content (AvgIpc) is 2.29. The highest BCUT2D eigenvalue weighted by Crippen LogP contribution is 2.36. The summed E-state index contributed by atoms with van der Waals surface area (Å²) in [4.78, 5) is 4.54. The molecule has 2 rings (SSSR count). The summed E-state index contributed by atoms with van der Waals surface area (Å²) in [6, 6.07) is 5.87. The van der Waals surface area contributed by atoms with Gasteiger partial charge in [-0.2, -0.15) is 0 Å². The van der Waals surface area contributed by atoms with Crippen molar-refractivity contribution in [1.82, 2.24) is 4.90 Å². The summed E-state index contributed by atoms with van der Waals surface area (Å²) >= 11 is 0. The van der Waals surface area contributed by atoms with E-state index in [0.29, 0.717) is 0 Å². The molecule has 2 N–H and O–H groups in total. The van der Waals surface area contributed by atoms with E-state index in [2.05, 4.69) is 23.9 Å². The van der Waals surface area contributed by atoms with Crippen molar-refractivity contribution in [2.75, 3.05) is 51.0 Å². The third kappa shape index (κ3) is 2.82. The lowest BCUT2D eigenvalue weighted by molar-refractivity contribution is 0.305. The van der Waals surface area contributed by atoms with Crippen LogP contribution in [0.4, 0.5) is 11.4 Å². The zero-order valence-corrected chi connectivity index (χ0v) is 10.6. The van der Waals surface area contributed by atoms with Gasteiger partial charge in [-0.15, -0.1) is 0 Å². The number of hydrogen-bond donors (Lipinski definition) is 1. The molecule has 4 nitrogen and oxygen atoms in total. The fourth-order valence-corrected chi connectivity index (χ4v) is 2.17. The number of nitrogens with zero attached hydrogens (tertiary/aromatic N) is 2. The van der Waals surface area contributed by atoms with Gasteiger partial charge in [-0.3, -0.25) is 0 Å². The highest BCUT2D eigenvalue weighted by atomic mass is 16.5. The molecule has 1 heterocycles. The number of para-hydroxylation sites is 1. The summed E-state index contributed by atoms with van der Waals surface area (Å²) in [6.07, 6.45) is 1.14. The van der Waals surface area contributed by atoms with Crippen molar-refractivity contribution in [3.05, 3.63) is 18.2 Å². The van der Waals surface area contributed by atoms with Gasteiger partial charge in [-0.1, -0.05) is 6.07 Å². The number of anilines is 2. The zero-order valence-electron chi connectivity index (χ0n) is 10.6. The van der Waals surface area contributed by atoms with Crippen molar-refractivity contribution in [2.45, 2.75) is 6.42 Å². The molecule has 0 bridgehead atoms. The highest BCUT2D eigenvalue weighted by Gasteiger charge is 2.19. The maximum Gasteiger partial charge on any atom is 0.144 e. The Balaban J connectivity index is 2.06. The first-order chi connectivity index (χ1) is 8.18. The summed E-state index contributed by atoms with van der Waals surface area (Å²) in [7, 11) is 4.20. The number of benzene rings is 1. The molecule has 0 fully saturated rings. The average molecular weight is 235 g/mol. The minimum Gasteiger partial charge on any atom is -0.489 e. The second-order valence-electron chi connectivity index (χ2n) is 4.69. The molecule has 17 heavy (non-hydrogen) atoms. The highest BCUT2D eigenvalue weighted by molar-refractivity contribution is 5.75. The Labute approximate surface area is 103 Å². The van der Waals surface area contributed by atoms with Crippen molar-refractivity contribution in [3.8, 4) is 5.75 Å². The molecule has 0 aromatic heterocycles. The number of nitrogens with two attached hydrogens (primary N) is 1. The molecule has 1 aromatic carbocycles. The van der Waals surface area contributed by atoms with E-state index >= 15 is 0 Å². The molecule has 1 aromatic rings. The van der Waals surface area contributed by atoms with E-state index in [0.717, 1.165) is 49.8 Å².